The summed E-state index contributed by atoms with van der Waals surface area (Å²) in [7, 11) is 1.60. The lowest BCUT2D eigenvalue weighted by Gasteiger charge is -2.36. The van der Waals surface area contributed by atoms with Crippen LogP contribution in [-0.4, -0.2) is 47.6 Å². The van der Waals surface area contributed by atoms with Gasteiger partial charge >= 0.3 is 5.97 Å². The van der Waals surface area contributed by atoms with Crippen LogP contribution >= 0.6 is 11.3 Å². The molecule has 2 rings (SSSR count). The molecule has 5 nitrogen and oxygen atoms in total. The number of carboxylic acid groups (broad SMARTS) is 1. The first kappa shape index (κ1) is 28.5. The van der Waals surface area contributed by atoms with Gasteiger partial charge in [-0.1, -0.05) is 45.1 Å². The molecular formula is C26H39F2NO4S. The highest BCUT2D eigenvalue weighted by molar-refractivity contribution is 7.14. The van der Waals surface area contributed by atoms with Crippen LogP contribution in [-0.2, 0) is 4.74 Å². The van der Waals surface area contributed by atoms with E-state index in [1.165, 1.54) is 0 Å². The highest BCUT2D eigenvalue weighted by Gasteiger charge is 2.37. The Balaban J connectivity index is 2.48. The maximum atomic E-state index is 13.7. The second-order valence-electron chi connectivity index (χ2n) is 9.67. The number of aromatic carboxylic acids is 1. The van der Waals surface area contributed by atoms with E-state index < -0.39 is 18.1 Å². The van der Waals surface area contributed by atoms with Crippen molar-refractivity contribution >= 4 is 23.0 Å². The average Bonchev–Trinajstić information content (AvgIpc) is 3.20. The lowest BCUT2D eigenvalue weighted by molar-refractivity contribution is -0.0379. The number of aliphatic hydroxyl groups excluding tert-OH is 1. The van der Waals surface area contributed by atoms with Crippen LogP contribution in [0.25, 0.3) is 0 Å². The third-order valence-electron chi connectivity index (χ3n) is 6.35. The zero-order chi connectivity index (χ0) is 25.6. The van der Waals surface area contributed by atoms with E-state index in [1.807, 2.05) is 58.9 Å². The van der Waals surface area contributed by atoms with Crippen LogP contribution in [0.1, 0.15) is 80.8 Å². The largest absolute Gasteiger partial charge is 0.477 e. The first-order valence-electron chi connectivity index (χ1n) is 12.0. The molecule has 0 spiro atoms. The number of rotatable bonds is 11. The second kappa shape index (κ2) is 12.3. The standard InChI is InChI=1S/C26H39F2NO4S/c1-16(2)7-8-17(3)24(30)29(18(4)9-10-19(5)33-6)21-15-22(34-23(21)25(31)32)20-11-13-26(27,28)14-12-20/h7-10,15-20,24,30H,11-14H2,1-6H3,(H,31,32)/b8-7+,10-9+. The van der Waals surface area contributed by atoms with Crippen LogP contribution in [0.5, 0.6) is 0 Å². The Hall–Kier alpha value is -1.77. The van der Waals surface area contributed by atoms with Gasteiger partial charge in [0.15, 0.2) is 0 Å². The van der Waals surface area contributed by atoms with Crippen molar-refractivity contribution in [1.29, 1.82) is 0 Å². The highest BCUT2D eigenvalue weighted by Crippen LogP contribution is 2.45. The molecule has 1 aromatic rings. The van der Waals surface area contributed by atoms with Crippen LogP contribution in [0, 0.1) is 11.8 Å². The fraction of sp³-hybridized carbons (Fsp3) is 0.654. The van der Waals surface area contributed by atoms with Gasteiger partial charge in [-0.3, -0.25) is 0 Å². The summed E-state index contributed by atoms with van der Waals surface area (Å²) in [5, 5.41) is 21.3. The van der Waals surface area contributed by atoms with E-state index in [1.54, 1.807) is 18.1 Å². The number of nitrogens with zero attached hydrogens (tertiary/aromatic N) is 1. The molecule has 1 aliphatic carbocycles. The molecule has 0 aromatic carbocycles. The number of ether oxygens (including phenoxy) is 1. The lowest BCUT2D eigenvalue weighted by atomic mass is 9.86. The number of thiophene rings is 1. The van der Waals surface area contributed by atoms with Crippen molar-refractivity contribution in [2.24, 2.45) is 11.8 Å². The summed E-state index contributed by atoms with van der Waals surface area (Å²) in [4.78, 5) is 14.8. The third-order valence-corrected chi connectivity index (χ3v) is 7.62. The number of allylic oxidation sites excluding steroid dienone is 1. The van der Waals surface area contributed by atoms with Gasteiger partial charge in [0, 0.05) is 36.8 Å². The fourth-order valence-electron chi connectivity index (χ4n) is 4.11. The smallest absolute Gasteiger partial charge is 0.348 e. The summed E-state index contributed by atoms with van der Waals surface area (Å²) >= 11 is 1.13. The fourth-order valence-corrected chi connectivity index (χ4v) is 5.28. The summed E-state index contributed by atoms with van der Waals surface area (Å²) in [5.41, 5.74) is 0.421. The Morgan fingerprint density at radius 3 is 2.29 bits per heavy atom. The van der Waals surface area contributed by atoms with Gasteiger partial charge in [0.1, 0.15) is 11.1 Å². The van der Waals surface area contributed by atoms with Gasteiger partial charge in [-0.2, -0.15) is 0 Å². The summed E-state index contributed by atoms with van der Waals surface area (Å²) in [6.07, 6.45) is 6.86. The summed E-state index contributed by atoms with van der Waals surface area (Å²) in [6, 6.07) is 1.45. The maximum absolute atomic E-state index is 13.7. The molecule has 1 fully saturated rings. The van der Waals surface area contributed by atoms with Crippen molar-refractivity contribution < 1.29 is 28.5 Å². The van der Waals surface area contributed by atoms with Gasteiger partial charge in [0.05, 0.1) is 11.8 Å². The third kappa shape index (κ3) is 7.62. The van der Waals surface area contributed by atoms with Gasteiger partial charge in [-0.25, -0.2) is 13.6 Å². The number of anilines is 1. The lowest BCUT2D eigenvalue weighted by Crippen LogP contribution is -2.45. The molecule has 8 heteroatoms. The molecule has 2 N–H and O–H groups in total. The number of carboxylic acids is 1. The molecule has 0 radical (unpaired) electrons. The molecule has 4 atom stereocenters. The zero-order valence-electron chi connectivity index (χ0n) is 21.0. The molecule has 1 saturated carbocycles. The van der Waals surface area contributed by atoms with Gasteiger partial charge in [-0.05, 0) is 44.6 Å². The van der Waals surface area contributed by atoms with Crippen LogP contribution in [0.3, 0.4) is 0 Å². The van der Waals surface area contributed by atoms with Crippen LogP contribution < -0.4 is 4.90 Å². The maximum Gasteiger partial charge on any atom is 0.348 e. The number of methoxy groups -OCH3 is 1. The molecular weight excluding hydrogens is 460 g/mol. The summed E-state index contributed by atoms with van der Waals surface area (Å²) in [5.74, 6) is -3.79. The quantitative estimate of drug-likeness (QED) is 0.262. The predicted octanol–water partition coefficient (Wildman–Crippen LogP) is 6.69. The highest BCUT2D eigenvalue weighted by atomic mass is 32.1. The van der Waals surface area contributed by atoms with Crippen LogP contribution in [0.2, 0.25) is 0 Å². The van der Waals surface area contributed by atoms with Crippen molar-refractivity contribution in [2.45, 2.75) is 90.5 Å². The van der Waals surface area contributed by atoms with Gasteiger partial charge in [0.25, 0.3) is 0 Å². The van der Waals surface area contributed by atoms with E-state index in [9.17, 15) is 23.8 Å². The zero-order valence-corrected chi connectivity index (χ0v) is 21.8. The van der Waals surface area contributed by atoms with E-state index in [0.717, 1.165) is 16.2 Å². The molecule has 4 unspecified atom stereocenters. The number of hydrogen-bond acceptors (Lipinski definition) is 5. The van der Waals surface area contributed by atoms with E-state index in [2.05, 4.69) is 0 Å². The van der Waals surface area contributed by atoms with E-state index in [-0.39, 0.29) is 41.7 Å². The first-order valence-corrected chi connectivity index (χ1v) is 12.8. The van der Waals surface area contributed by atoms with Crippen molar-refractivity contribution in [1.82, 2.24) is 0 Å². The molecule has 0 bridgehead atoms. The number of carbonyl (C=O) groups is 1. The average molecular weight is 500 g/mol. The summed E-state index contributed by atoms with van der Waals surface area (Å²) in [6.45, 7) is 9.77. The van der Waals surface area contributed by atoms with Crippen molar-refractivity contribution in [3.05, 3.63) is 40.1 Å². The van der Waals surface area contributed by atoms with Gasteiger partial charge in [-0.15, -0.1) is 11.3 Å². The number of halogens is 2. The van der Waals surface area contributed by atoms with E-state index >= 15 is 0 Å². The Labute approximate surface area is 206 Å². The molecule has 0 aliphatic heterocycles. The van der Waals surface area contributed by atoms with Crippen LogP contribution in [0.15, 0.2) is 30.4 Å². The van der Waals surface area contributed by atoms with Crippen molar-refractivity contribution in [3.63, 3.8) is 0 Å². The Morgan fingerprint density at radius 2 is 1.76 bits per heavy atom. The Kier molecular flexibility index (Phi) is 10.3. The molecule has 34 heavy (non-hydrogen) atoms. The SMILES string of the molecule is COC(C)/C=C/C(C)N(c1cc(C2CCC(F)(F)CC2)sc1C(=O)O)C(O)C(C)/C=C/C(C)C. The molecule has 0 saturated heterocycles. The molecule has 1 aliphatic rings. The minimum Gasteiger partial charge on any atom is -0.477 e. The van der Waals surface area contributed by atoms with Crippen molar-refractivity contribution in [2.75, 3.05) is 12.0 Å². The Morgan fingerprint density at radius 1 is 1.15 bits per heavy atom. The topological polar surface area (TPSA) is 70.0 Å². The number of alkyl halides is 2. The second-order valence-corrected chi connectivity index (χ2v) is 10.8. The monoisotopic (exact) mass is 499 g/mol. The normalized spacial score (nSPS) is 20.6. The molecule has 0 amide bonds. The van der Waals surface area contributed by atoms with Gasteiger partial charge < -0.3 is 19.8 Å². The number of hydrogen-bond donors (Lipinski definition) is 2. The molecule has 1 aromatic heterocycles. The molecule has 192 valence electrons. The van der Waals surface area contributed by atoms with E-state index in [0.29, 0.717) is 24.4 Å². The first-order chi connectivity index (χ1) is 15.9. The number of aliphatic hydroxyl groups is 1. The van der Waals surface area contributed by atoms with Gasteiger partial charge in [0.2, 0.25) is 5.92 Å². The Bertz CT molecular complexity index is 857. The minimum absolute atomic E-state index is 0.104. The predicted molar refractivity (Wildman–Crippen MR) is 134 cm³/mol. The minimum atomic E-state index is -2.65. The van der Waals surface area contributed by atoms with Crippen LogP contribution in [0.4, 0.5) is 14.5 Å². The summed E-state index contributed by atoms with van der Waals surface area (Å²) < 4.78 is 32.7. The van der Waals surface area contributed by atoms with Crippen molar-refractivity contribution in [3.8, 4) is 0 Å². The van der Waals surface area contributed by atoms with E-state index in [4.69, 9.17) is 4.74 Å². The molecule has 1 heterocycles.